The number of carbonyl (C=O) groups is 2. The highest BCUT2D eigenvalue weighted by molar-refractivity contribution is 5.91. The van der Waals surface area contributed by atoms with Crippen molar-refractivity contribution in [1.82, 2.24) is 5.32 Å². The van der Waals surface area contributed by atoms with Gasteiger partial charge in [-0.1, -0.05) is 30.3 Å². The summed E-state index contributed by atoms with van der Waals surface area (Å²) in [6, 6.07) is 9.67. The Morgan fingerprint density at radius 1 is 1.32 bits per heavy atom. The molecule has 0 aliphatic heterocycles. The van der Waals surface area contributed by atoms with Crippen LogP contribution in [0.25, 0.3) is 0 Å². The molecule has 2 N–H and O–H groups in total. The lowest BCUT2D eigenvalue weighted by Gasteiger charge is -2.19. The van der Waals surface area contributed by atoms with Crippen molar-refractivity contribution in [2.45, 2.75) is 44.1 Å². The lowest BCUT2D eigenvalue weighted by atomic mass is 9.94. The SMILES string of the molecule is CC(CCC(=O)O)NC(=O)C1(c2ccccc2)CC1. The fourth-order valence-electron chi connectivity index (χ4n) is 2.30. The van der Waals surface area contributed by atoms with E-state index in [2.05, 4.69) is 5.32 Å². The topological polar surface area (TPSA) is 66.4 Å². The molecular weight excluding hydrogens is 242 g/mol. The average molecular weight is 261 g/mol. The maximum Gasteiger partial charge on any atom is 0.303 e. The summed E-state index contributed by atoms with van der Waals surface area (Å²) in [5.41, 5.74) is 0.677. The molecule has 19 heavy (non-hydrogen) atoms. The van der Waals surface area contributed by atoms with Gasteiger partial charge in [-0.3, -0.25) is 9.59 Å². The Labute approximate surface area is 112 Å². The summed E-state index contributed by atoms with van der Waals surface area (Å²) in [6.07, 6.45) is 2.29. The molecule has 0 radical (unpaired) electrons. The molecule has 1 aliphatic rings. The molecule has 4 nitrogen and oxygen atoms in total. The molecule has 1 saturated carbocycles. The van der Waals surface area contributed by atoms with Crippen LogP contribution in [-0.2, 0) is 15.0 Å². The highest BCUT2D eigenvalue weighted by atomic mass is 16.4. The van der Waals surface area contributed by atoms with Crippen molar-refractivity contribution in [2.24, 2.45) is 0 Å². The molecule has 1 fully saturated rings. The van der Waals surface area contributed by atoms with Crippen molar-refractivity contribution in [2.75, 3.05) is 0 Å². The first kappa shape index (κ1) is 13.6. The summed E-state index contributed by atoms with van der Waals surface area (Å²) >= 11 is 0. The number of hydrogen-bond donors (Lipinski definition) is 2. The molecule has 2 rings (SSSR count). The molecule has 1 unspecified atom stereocenters. The second kappa shape index (κ2) is 5.43. The molecule has 1 amide bonds. The van der Waals surface area contributed by atoms with Gasteiger partial charge >= 0.3 is 5.97 Å². The highest BCUT2D eigenvalue weighted by Crippen LogP contribution is 2.48. The van der Waals surface area contributed by atoms with Gasteiger partial charge < -0.3 is 10.4 Å². The minimum atomic E-state index is -0.828. The summed E-state index contributed by atoms with van der Waals surface area (Å²) < 4.78 is 0. The molecular formula is C15H19NO3. The largest absolute Gasteiger partial charge is 0.481 e. The minimum Gasteiger partial charge on any atom is -0.481 e. The summed E-state index contributed by atoms with van der Waals surface area (Å²) in [5.74, 6) is -0.804. The van der Waals surface area contributed by atoms with Crippen molar-refractivity contribution >= 4 is 11.9 Å². The van der Waals surface area contributed by atoms with Crippen LogP contribution in [0.4, 0.5) is 0 Å². The van der Waals surface area contributed by atoms with Gasteiger partial charge in [-0.2, -0.15) is 0 Å². The van der Waals surface area contributed by atoms with E-state index in [9.17, 15) is 9.59 Å². The normalized spacial score (nSPS) is 17.5. The monoisotopic (exact) mass is 261 g/mol. The first-order valence-corrected chi connectivity index (χ1v) is 6.63. The van der Waals surface area contributed by atoms with Gasteiger partial charge in [0.2, 0.25) is 5.91 Å². The third-order valence-corrected chi connectivity index (χ3v) is 3.68. The van der Waals surface area contributed by atoms with Crippen LogP contribution in [0.5, 0.6) is 0 Å². The van der Waals surface area contributed by atoms with E-state index in [1.165, 1.54) is 0 Å². The third kappa shape index (κ3) is 3.13. The fourth-order valence-corrected chi connectivity index (χ4v) is 2.30. The molecule has 0 bridgehead atoms. The Morgan fingerprint density at radius 3 is 2.47 bits per heavy atom. The van der Waals surface area contributed by atoms with Gasteiger partial charge in [0, 0.05) is 12.5 Å². The van der Waals surface area contributed by atoms with E-state index in [4.69, 9.17) is 5.11 Å². The Bertz CT molecular complexity index is 466. The quantitative estimate of drug-likeness (QED) is 0.824. The van der Waals surface area contributed by atoms with Gasteiger partial charge in [0.1, 0.15) is 0 Å². The van der Waals surface area contributed by atoms with Crippen LogP contribution < -0.4 is 5.32 Å². The number of rotatable bonds is 6. The molecule has 1 aromatic rings. The smallest absolute Gasteiger partial charge is 0.303 e. The van der Waals surface area contributed by atoms with Crippen LogP contribution in [0.2, 0.25) is 0 Å². The number of carbonyl (C=O) groups excluding carboxylic acids is 1. The zero-order chi connectivity index (χ0) is 13.9. The zero-order valence-corrected chi connectivity index (χ0v) is 11.1. The number of aliphatic carboxylic acids is 1. The van der Waals surface area contributed by atoms with Gasteiger partial charge in [0.15, 0.2) is 0 Å². The molecule has 1 atom stereocenters. The van der Waals surface area contributed by atoms with Gasteiger partial charge in [-0.05, 0) is 31.7 Å². The van der Waals surface area contributed by atoms with Gasteiger partial charge in [0.05, 0.1) is 5.41 Å². The van der Waals surface area contributed by atoms with Crippen molar-refractivity contribution in [3.8, 4) is 0 Å². The molecule has 102 valence electrons. The number of carboxylic acids is 1. The van der Waals surface area contributed by atoms with E-state index < -0.39 is 5.97 Å². The lowest BCUT2D eigenvalue weighted by Crippen LogP contribution is -2.40. The van der Waals surface area contributed by atoms with Gasteiger partial charge in [0.25, 0.3) is 0 Å². The number of nitrogens with one attached hydrogen (secondary N) is 1. The van der Waals surface area contributed by atoms with Crippen molar-refractivity contribution in [3.05, 3.63) is 35.9 Å². The minimum absolute atomic E-state index is 0.0246. The maximum absolute atomic E-state index is 12.3. The van der Waals surface area contributed by atoms with Gasteiger partial charge in [-0.15, -0.1) is 0 Å². The summed E-state index contributed by atoms with van der Waals surface area (Å²) in [7, 11) is 0. The van der Waals surface area contributed by atoms with Crippen LogP contribution >= 0.6 is 0 Å². The van der Waals surface area contributed by atoms with Crippen molar-refractivity contribution < 1.29 is 14.7 Å². The first-order valence-electron chi connectivity index (χ1n) is 6.63. The van der Waals surface area contributed by atoms with Crippen LogP contribution in [0.3, 0.4) is 0 Å². The second-order valence-electron chi connectivity index (χ2n) is 5.26. The Hall–Kier alpha value is -1.84. The van der Waals surface area contributed by atoms with E-state index in [-0.39, 0.29) is 23.8 Å². The molecule has 4 heteroatoms. The molecule has 0 heterocycles. The molecule has 0 saturated heterocycles. The van der Waals surface area contributed by atoms with Crippen molar-refractivity contribution in [1.29, 1.82) is 0 Å². The lowest BCUT2D eigenvalue weighted by molar-refractivity contribution is -0.137. The fraction of sp³-hybridized carbons (Fsp3) is 0.467. The maximum atomic E-state index is 12.3. The summed E-state index contributed by atoms with van der Waals surface area (Å²) in [6.45, 7) is 1.85. The Morgan fingerprint density at radius 2 is 1.95 bits per heavy atom. The molecule has 0 aromatic heterocycles. The van der Waals surface area contributed by atoms with Gasteiger partial charge in [-0.25, -0.2) is 0 Å². The van der Waals surface area contributed by atoms with E-state index >= 15 is 0 Å². The van der Waals surface area contributed by atoms with E-state index in [0.717, 1.165) is 18.4 Å². The summed E-state index contributed by atoms with van der Waals surface area (Å²) in [5, 5.41) is 11.6. The van der Waals surface area contributed by atoms with E-state index in [1.807, 2.05) is 37.3 Å². The summed E-state index contributed by atoms with van der Waals surface area (Å²) in [4.78, 5) is 22.8. The number of benzene rings is 1. The molecule has 0 spiro atoms. The van der Waals surface area contributed by atoms with E-state index in [0.29, 0.717) is 6.42 Å². The first-order chi connectivity index (χ1) is 9.04. The average Bonchev–Trinajstić information content (AvgIpc) is 3.19. The second-order valence-corrected chi connectivity index (χ2v) is 5.26. The van der Waals surface area contributed by atoms with Crippen LogP contribution in [-0.4, -0.2) is 23.0 Å². The Balaban J connectivity index is 1.95. The molecule has 1 aromatic carbocycles. The van der Waals surface area contributed by atoms with Crippen LogP contribution in [0, 0.1) is 0 Å². The van der Waals surface area contributed by atoms with Crippen molar-refractivity contribution in [3.63, 3.8) is 0 Å². The van der Waals surface area contributed by atoms with Crippen LogP contribution in [0.15, 0.2) is 30.3 Å². The molecule has 1 aliphatic carbocycles. The third-order valence-electron chi connectivity index (χ3n) is 3.68. The van der Waals surface area contributed by atoms with Crippen LogP contribution in [0.1, 0.15) is 38.2 Å². The highest BCUT2D eigenvalue weighted by Gasteiger charge is 2.51. The number of amides is 1. The number of carboxylic acid groups (broad SMARTS) is 1. The number of hydrogen-bond acceptors (Lipinski definition) is 2. The zero-order valence-electron chi connectivity index (χ0n) is 11.1. The predicted octanol–water partition coefficient (Wildman–Crippen LogP) is 2.09. The predicted molar refractivity (Wildman–Crippen MR) is 71.8 cm³/mol. The van der Waals surface area contributed by atoms with E-state index in [1.54, 1.807) is 0 Å². The standard InChI is InChI=1S/C15H19NO3/c1-11(7-8-13(17)18)16-14(19)15(9-10-15)12-5-3-2-4-6-12/h2-6,11H,7-10H2,1H3,(H,16,19)(H,17,18). The Kier molecular flexibility index (Phi) is 3.88.